The predicted octanol–water partition coefficient (Wildman–Crippen LogP) is 4.57. The van der Waals surface area contributed by atoms with Crippen LogP contribution in [0.3, 0.4) is 0 Å². The van der Waals surface area contributed by atoms with Crippen LogP contribution in [-0.2, 0) is 10.0 Å². The van der Waals surface area contributed by atoms with Crippen molar-refractivity contribution in [2.75, 3.05) is 23.8 Å². The van der Waals surface area contributed by atoms with E-state index in [9.17, 15) is 17.6 Å². The van der Waals surface area contributed by atoms with Gasteiger partial charge < -0.3 is 10.1 Å². The number of ether oxygens (including phenoxy) is 1. The van der Waals surface area contributed by atoms with E-state index in [1.807, 2.05) is 0 Å². The van der Waals surface area contributed by atoms with Crippen molar-refractivity contribution in [2.24, 2.45) is 0 Å². The topological polar surface area (TPSA) is 75.7 Å². The number of sulfonamides is 1. The van der Waals surface area contributed by atoms with Crippen molar-refractivity contribution in [2.45, 2.75) is 4.90 Å². The van der Waals surface area contributed by atoms with E-state index in [0.29, 0.717) is 11.4 Å². The largest absolute Gasteiger partial charge is 0.497 e. The van der Waals surface area contributed by atoms with Crippen molar-refractivity contribution in [3.63, 3.8) is 0 Å². The van der Waals surface area contributed by atoms with E-state index < -0.39 is 21.7 Å². The van der Waals surface area contributed by atoms with Gasteiger partial charge in [-0.2, -0.15) is 0 Å². The highest BCUT2D eigenvalue weighted by Crippen LogP contribution is 2.25. The Bertz CT molecular complexity index is 1180. The number of rotatable bonds is 6. The third-order valence-corrected chi connectivity index (χ3v) is 6.46. The molecule has 0 aliphatic heterocycles. The summed E-state index contributed by atoms with van der Waals surface area (Å²) < 4.78 is 45.8. The lowest BCUT2D eigenvalue weighted by atomic mass is 10.2. The van der Waals surface area contributed by atoms with Gasteiger partial charge in [-0.3, -0.25) is 9.10 Å². The van der Waals surface area contributed by atoms with Gasteiger partial charge in [0.25, 0.3) is 15.9 Å². The molecule has 3 aromatic carbocycles. The fourth-order valence-electron chi connectivity index (χ4n) is 2.66. The quantitative estimate of drug-likeness (QED) is 0.599. The van der Waals surface area contributed by atoms with Crippen LogP contribution >= 0.6 is 11.6 Å². The van der Waals surface area contributed by atoms with Gasteiger partial charge in [-0.15, -0.1) is 0 Å². The highest BCUT2D eigenvalue weighted by atomic mass is 35.5. The average molecular weight is 449 g/mol. The van der Waals surface area contributed by atoms with Crippen LogP contribution in [0.15, 0.2) is 71.6 Å². The number of anilines is 2. The molecule has 1 amide bonds. The van der Waals surface area contributed by atoms with Gasteiger partial charge in [-0.05, 0) is 60.7 Å². The minimum absolute atomic E-state index is 0.0595. The maximum atomic E-state index is 13.6. The van der Waals surface area contributed by atoms with Gasteiger partial charge in [0.15, 0.2) is 0 Å². The monoisotopic (exact) mass is 448 g/mol. The lowest BCUT2D eigenvalue weighted by molar-refractivity contribution is 0.102. The zero-order chi connectivity index (χ0) is 21.9. The molecule has 30 heavy (non-hydrogen) atoms. The summed E-state index contributed by atoms with van der Waals surface area (Å²) >= 11 is 5.64. The second-order valence-corrected chi connectivity index (χ2v) is 8.66. The Morgan fingerprint density at radius 3 is 2.40 bits per heavy atom. The van der Waals surface area contributed by atoms with Crippen LogP contribution in [0.5, 0.6) is 5.75 Å². The number of benzene rings is 3. The second-order valence-electron chi connectivity index (χ2n) is 6.28. The van der Waals surface area contributed by atoms with Crippen molar-refractivity contribution in [1.82, 2.24) is 0 Å². The first-order valence-electron chi connectivity index (χ1n) is 8.72. The summed E-state index contributed by atoms with van der Waals surface area (Å²) in [6.45, 7) is 0. The molecule has 6 nitrogen and oxygen atoms in total. The van der Waals surface area contributed by atoms with Gasteiger partial charge in [-0.1, -0.05) is 17.7 Å². The number of carbonyl (C=O) groups excluding carboxylic acids is 1. The summed E-state index contributed by atoms with van der Waals surface area (Å²) in [6, 6.07) is 16.0. The third-order valence-electron chi connectivity index (χ3n) is 4.37. The van der Waals surface area contributed by atoms with Gasteiger partial charge in [0.2, 0.25) is 0 Å². The molecule has 0 spiro atoms. The molecule has 0 bridgehead atoms. The Balaban J connectivity index is 1.85. The van der Waals surface area contributed by atoms with Gasteiger partial charge in [0.1, 0.15) is 11.6 Å². The number of hydrogen-bond donors (Lipinski definition) is 1. The highest BCUT2D eigenvalue weighted by molar-refractivity contribution is 7.92. The SMILES string of the molecule is COc1ccc(N(C)S(=O)(=O)c2cccc(C(=O)Nc3ccc(Cl)c(F)c3)c2)cc1. The molecular formula is C21H18ClFN2O4S. The van der Waals surface area contributed by atoms with Crippen LogP contribution in [0.1, 0.15) is 10.4 Å². The standard InChI is InChI=1S/C21H18ClFN2O4S/c1-25(16-7-9-17(29-2)10-8-16)30(27,28)18-5-3-4-14(12-18)21(26)24-15-6-11-19(22)20(23)13-15/h3-13H,1-2H3,(H,24,26). The smallest absolute Gasteiger partial charge is 0.264 e. The molecule has 0 saturated carbocycles. The number of nitrogens with zero attached hydrogens (tertiary/aromatic N) is 1. The summed E-state index contributed by atoms with van der Waals surface area (Å²) in [5, 5.41) is 2.45. The minimum atomic E-state index is -3.92. The molecule has 1 N–H and O–H groups in total. The van der Waals surface area contributed by atoms with Crippen molar-refractivity contribution in [3.8, 4) is 5.75 Å². The molecule has 0 unspecified atom stereocenters. The molecule has 0 aliphatic rings. The molecule has 3 aromatic rings. The Labute approximate surface area is 178 Å². The van der Waals surface area contributed by atoms with E-state index in [1.165, 1.54) is 50.6 Å². The number of methoxy groups -OCH3 is 1. The number of carbonyl (C=O) groups is 1. The molecular weight excluding hydrogens is 431 g/mol. The molecule has 0 atom stereocenters. The number of amides is 1. The first-order chi connectivity index (χ1) is 14.2. The van der Waals surface area contributed by atoms with E-state index in [-0.39, 0.29) is 21.2 Å². The first-order valence-corrected chi connectivity index (χ1v) is 10.5. The lowest BCUT2D eigenvalue weighted by Crippen LogP contribution is -2.26. The molecule has 0 fully saturated rings. The summed E-state index contributed by atoms with van der Waals surface area (Å²) in [5.74, 6) is -0.658. The van der Waals surface area contributed by atoms with E-state index in [2.05, 4.69) is 5.32 Å². The highest BCUT2D eigenvalue weighted by Gasteiger charge is 2.22. The van der Waals surface area contributed by atoms with Gasteiger partial charge in [0, 0.05) is 18.3 Å². The molecule has 0 heterocycles. The molecule has 0 saturated heterocycles. The fraction of sp³-hybridized carbons (Fsp3) is 0.0952. The van der Waals surface area contributed by atoms with Crippen molar-refractivity contribution in [3.05, 3.63) is 83.1 Å². The Morgan fingerprint density at radius 2 is 1.77 bits per heavy atom. The summed E-state index contributed by atoms with van der Waals surface area (Å²) in [5.41, 5.74) is 0.738. The minimum Gasteiger partial charge on any atom is -0.497 e. The summed E-state index contributed by atoms with van der Waals surface area (Å²) in [4.78, 5) is 12.5. The third kappa shape index (κ3) is 4.55. The molecule has 3 rings (SSSR count). The molecule has 0 aromatic heterocycles. The lowest BCUT2D eigenvalue weighted by Gasteiger charge is -2.20. The Kier molecular flexibility index (Phi) is 6.28. The van der Waals surface area contributed by atoms with Crippen LogP contribution in [0, 0.1) is 5.82 Å². The molecule has 9 heteroatoms. The van der Waals surface area contributed by atoms with Crippen LogP contribution in [0.4, 0.5) is 15.8 Å². The predicted molar refractivity (Wildman–Crippen MR) is 114 cm³/mol. The first kappa shape index (κ1) is 21.6. The summed E-state index contributed by atoms with van der Waals surface area (Å²) in [6.07, 6.45) is 0. The van der Waals surface area contributed by atoms with Crippen LogP contribution in [0.25, 0.3) is 0 Å². The van der Waals surface area contributed by atoms with E-state index >= 15 is 0 Å². The number of nitrogens with one attached hydrogen (secondary N) is 1. The fourth-order valence-corrected chi connectivity index (χ4v) is 4.02. The zero-order valence-electron chi connectivity index (χ0n) is 16.1. The van der Waals surface area contributed by atoms with Gasteiger partial charge in [-0.25, -0.2) is 12.8 Å². The van der Waals surface area contributed by atoms with Crippen molar-refractivity contribution in [1.29, 1.82) is 0 Å². The van der Waals surface area contributed by atoms with Crippen LogP contribution in [0.2, 0.25) is 5.02 Å². The Morgan fingerprint density at radius 1 is 1.07 bits per heavy atom. The van der Waals surface area contributed by atoms with E-state index in [4.69, 9.17) is 16.3 Å². The van der Waals surface area contributed by atoms with Crippen LogP contribution < -0.4 is 14.4 Å². The summed E-state index contributed by atoms with van der Waals surface area (Å²) in [7, 11) is -0.982. The maximum absolute atomic E-state index is 13.6. The molecule has 0 aliphatic carbocycles. The van der Waals surface area contributed by atoms with E-state index in [0.717, 1.165) is 10.4 Å². The number of halogens is 2. The zero-order valence-corrected chi connectivity index (χ0v) is 17.7. The average Bonchev–Trinajstić information content (AvgIpc) is 2.76. The van der Waals surface area contributed by atoms with Gasteiger partial charge in [0.05, 0.1) is 22.7 Å². The maximum Gasteiger partial charge on any atom is 0.264 e. The Hall–Kier alpha value is -3.10. The second kappa shape index (κ2) is 8.73. The molecule has 0 radical (unpaired) electrons. The van der Waals surface area contributed by atoms with Crippen LogP contribution in [-0.4, -0.2) is 28.5 Å². The van der Waals surface area contributed by atoms with Crippen molar-refractivity contribution < 1.29 is 22.3 Å². The van der Waals surface area contributed by atoms with E-state index in [1.54, 1.807) is 24.3 Å². The molecule has 156 valence electrons. The van der Waals surface area contributed by atoms with Gasteiger partial charge >= 0.3 is 0 Å². The van der Waals surface area contributed by atoms with Crippen molar-refractivity contribution >= 4 is 38.9 Å². The number of hydrogen-bond acceptors (Lipinski definition) is 4. The normalized spacial score (nSPS) is 11.1.